The summed E-state index contributed by atoms with van der Waals surface area (Å²) in [5.74, 6) is 0. The first-order valence-corrected chi connectivity index (χ1v) is 8.77. The van der Waals surface area contributed by atoms with Crippen LogP contribution in [0.1, 0.15) is 18.1 Å². The van der Waals surface area contributed by atoms with Gasteiger partial charge in [-0.05, 0) is 24.1 Å². The normalized spacial score (nSPS) is 15.3. The minimum absolute atomic E-state index is 0.0120. The molecule has 0 bridgehead atoms. The average Bonchev–Trinajstić information content (AvgIpc) is 2.64. The summed E-state index contributed by atoms with van der Waals surface area (Å²) in [6.45, 7) is 6.77. The van der Waals surface area contributed by atoms with E-state index in [1.54, 1.807) is 0 Å². The molecule has 0 unspecified atom stereocenters. The molecule has 1 aliphatic heterocycles. The Morgan fingerprint density at radius 3 is 2.29 bits per heavy atom. The molecule has 24 heavy (non-hydrogen) atoms. The summed E-state index contributed by atoms with van der Waals surface area (Å²) in [4.78, 5) is 15.9. The number of carbonyl (C=O) groups is 1. The number of anilines is 1. The first-order valence-electron chi connectivity index (χ1n) is 8.77. The number of carbonyl (C=O) groups excluding carboxylic acids is 1. The molecule has 0 aliphatic carbocycles. The molecule has 4 heteroatoms. The summed E-state index contributed by atoms with van der Waals surface area (Å²) in [6.07, 6.45) is 1.01. The largest absolute Gasteiger partial charge is 0.328 e. The van der Waals surface area contributed by atoms with Gasteiger partial charge in [0.05, 0.1) is 26.2 Å². The van der Waals surface area contributed by atoms with E-state index in [2.05, 4.69) is 48.6 Å². The predicted octanol–water partition coefficient (Wildman–Crippen LogP) is 2.18. The SMILES string of the molecule is CCc1ccc(NC(=O)N2CC[NH+](Cc3ccccc3)CC2)cc1. The fraction of sp³-hybridized carbons (Fsp3) is 0.350. The van der Waals surface area contributed by atoms with Crippen LogP contribution in [0.2, 0.25) is 0 Å². The highest BCUT2D eigenvalue weighted by molar-refractivity contribution is 5.89. The van der Waals surface area contributed by atoms with Gasteiger partial charge in [-0.1, -0.05) is 49.4 Å². The van der Waals surface area contributed by atoms with Gasteiger partial charge < -0.3 is 15.1 Å². The van der Waals surface area contributed by atoms with Crippen molar-refractivity contribution in [3.05, 3.63) is 65.7 Å². The van der Waals surface area contributed by atoms with E-state index in [1.807, 2.05) is 23.1 Å². The maximum absolute atomic E-state index is 12.4. The number of benzene rings is 2. The molecule has 0 radical (unpaired) electrons. The highest BCUT2D eigenvalue weighted by Gasteiger charge is 2.23. The number of hydrogen-bond donors (Lipinski definition) is 2. The second-order valence-corrected chi connectivity index (χ2v) is 6.38. The lowest BCUT2D eigenvalue weighted by molar-refractivity contribution is -0.917. The first-order chi connectivity index (χ1) is 11.7. The van der Waals surface area contributed by atoms with Gasteiger partial charge in [0.15, 0.2) is 0 Å². The summed E-state index contributed by atoms with van der Waals surface area (Å²) in [6, 6.07) is 18.7. The number of aryl methyl sites for hydroxylation is 1. The molecule has 0 atom stereocenters. The molecular weight excluding hydrogens is 298 g/mol. The van der Waals surface area contributed by atoms with Crippen molar-refractivity contribution >= 4 is 11.7 Å². The van der Waals surface area contributed by atoms with Gasteiger partial charge in [0, 0.05) is 11.3 Å². The van der Waals surface area contributed by atoms with Crippen LogP contribution < -0.4 is 10.2 Å². The molecular formula is C20H26N3O+. The lowest BCUT2D eigenvalue weighted by Gasteiger charge is -2.32. The average molecular weight is 324 g/mol. The van der Waals surface area contributed by atoms with Crippen LogP contribution in [0.25, 0.3) is 0 Å². The third-order valence-electron chi connectivity index (χ3n) is 4.67. The third-order valence-corrected chi connectivity index (χ3v) is 4.67. The van der Waals surface area contributed by atoms with Crippen LogP contribution in [-0.2, 0) is 13.0 Å². The second-order valence-electron chi connectivity index (χ2n) is 6.38. The van der Waals surface area contributed by atoms with Crippen molar-refractivity contribution in [2.24, 2.45) is 0 Å². The van der Waals surface area contributed by atoms with E-state index in [-0.39, 0.29) is 6.03 Å². The molecule has 126 valence electrons. The molecule has 1 fully saturated rings. The topological polar surface area (TPSA) is 36.8 Å². The van der Waals surface area contributed by atoms with Gasteiger partial charge in [-0.15, -0.1) is 0 Å². The Morgan fingerprint density at radius 2 is 1.67 bits per heavy atom. The maximum atomic E-state index is 12.4. The Balaban J connectivity index is 1.47. The van der Waals surface area contributed by atoms with E-state index in [1.165, 1.54) is 16.0 Å². The standard InChI is InChI=1S/C20H25N3O/c1-2-17-8-10-19(11-9-17)21-20(24)23-14-12-22(13-15-23)16-18-6-4-3-5-7-18/h3-11H,2,12-16H2,1H3,(H,21,24)/p+1. The molecule has 2 aromatic carbocycles. The summed E-state index contributed by atoms with van der Waals surface area (Å²) >= 11 is 0. The fourth-order valence-corrected chi connectivity index (χ4v) is 3.11. The molecule has 2 amide bonds. The van der Waals surface area contributed by atoms with Crippen LogP contribution in [0.15, 0.2) is 54.6 Å². The van der Waals surface area contributed by atoms with Gasteiger partial charge in [-0.2, -0.15) is 0 Å². The molecule has 0 saturated carbocycles. The minimum atomic E-state index is 0.0120. The zero-order valence-corrected chi connectivity index (χ0v) is 14.3. The van der Waals surface area contributed by atoms with Gasteiger partial charge >= 0.3 is 6.03 Å². The maximum Gasteiger partial charge on any atom is 0.322 e. The quantitative estimate of drug-likeness (QED) is 0.889. The Morgan fingerprint density at radius 1 is 1.00 bits per heavy atom. The Hall–Kier alpha value is -2.33. The van der Waals surface area contributed by atoms with Gasteiger partial charge in [-0.25, -0.2) is 4.79 Å². The number of nitrogens with zero attached hydrogens (tertiary/aromatic N) is 1. The molecule has 3 rings (SSSR count). The number of piperazine rings is 1. The molecule has 1 saturated heterocycles. The monoisotopic (exact) mass is 324 g/mol. The van der Waals surface area contributed by atoms with E-state index < -0.39 is 0 Å². The molecule has 0 spiro atoms. The van der Waals surface area contributed by atoms with E-state index >= 15 is 0 Å². The molecule has 1 heterocycles. The Labute approximate surface area is 144 Å². The fourth-order valence-electron chi connectivity index (χ4n) is 3.11. The molecule has 2 N–H and O–H groups in total. The minimum Gasteiger partial charge on any atom is -0.328 e. The number of rotatable bonds is 4. The summed E-state index contributed by atoms with van der Waals surface area (Å²) in [5, 5.41) is 3.01. The number of nitrogens with one attached hydrogen (secondary N) is 2. The molecule has 1 aliphatic rings. The van der Waals surface area contributed by atoms with E-state index in [0.29, 0.717) is 0 Å². The van der Waals surface area contributed by atoms with Gasteiger partial charge in [0.25, 0.3) is 0 Å². The van der Waals surface area contributed by atoms with Crippen LogP contribution in [0.4, 0.5) is 10.5 Å². The number of hydrogen-bond acceptors (Lipinski definition) is 1. The van der Waals surface area contributed by atoms with Gasteiger partial charge in [0.1, 0.15) is 6.54 Å². The zero-order valence-electron chi connectivity index (χ0n) is 14.3. The number of amides is 2. The van der Waals surface area contributed by atoms with Gasteiger partial charge in [0.2, 0.25) is 0 Å². The predicted molar refractivity (Wildman–Crippen MR) is 97.3 cm³/mol. The highest BCUT2D eigenvalue weighted by Crippen LogP contribution is 2.11. The van der Waals surface area contributed by atoms with Crippen molar-refractivity contribution in [2.75, 3.05) is 31.5 Å². The van der Waals surface area contributed by atoms with Crippen LogP contribution in [0.3, 0.4) is 0 Å². The smallest absolute Gasteiger partial charge is 0.322 e. The van der Waals surface area contributed by atoms with E-state index in [9.17, 15) is 4.79 Å². The first kappa shape index (κ1) is 16.5. The molecule has 4 nitrogen and oxygen atoms in total. The van der Waals surface area contributed by atoms with Gasteiger partial charge in [-0.3, -0.25) is 0 Å². The van der Waals surface area contributed by atoms with Crippen molar-refractivity contribution in [1.29, 1.82) is 0 Å². The highest BCUT2D eigenvalue weighted by atomic mass is 16.2. The van der Waals surface area contributed by atoms with E-state index in [4.69, 9.17) is 0 Å². The van der Waals surface area contributed by atoms with Crippen LogP contribution in [0.5, 0.6) is 0 Å². The summed E-state index contributed by atoms with van der Waals surface area (Å²) < 4.78 is 0. The molecule has 0 aromatic heterocycles. The zero-order chi connectivity index (χ0) is 16.8. The lowest BCUT2D eigenvalue weighted by atomic mass is 10.1. The van der Waals surface area contributed by atoms with Crippen LogP contribution in [-0.4, -0.2) is 37.1 Å². The van der Waals surface area contributed by atoms with Crippen molar-refractivity contribution < 1.29 is 9.69 Å². The van der Waals surface area contributed by atoms with Crippen LogP contribution >= 0.6 is 0 Å². The van der Waals surface area contributed by atoms with Crippen molar-refractivity contribution in [3.63, 3.8) is 0 Å². The second kappa shape index (κ2) is 7.97. The van der Waals surface area contributed by atoms with Crippen molar-refractivity contribution in [3.8, 4) is 0 Å². The van der Waals surface area contributed by atoms with Crippen LogP contribution in [0, 0.1) is 0 Å². The van der Waals surface area contributed by atoms with Crippen molar-refractivity contribution in [2.45, 2.75) is 19.9 Å². The Bertz CT molecular complexity index is 646. The Kier molecular flexibility index (Phi) is 5.49. The summed E-state index contributed by atoms with van der Waals surface area (Å²) in [7, 11) is 0. The van der Waals surface area contributed by atoms with Crippen molar-refractivity contribution in [1.82, 2.24) is 4.90 Å². The summed E-state index contributed by atoms with van der Waals surface area (Å²) in [5.41, 5.74) is 3.52. The van der Waals surface area contributed by atoms with E-state index in [0.717, 1.165) is 44.8 Å². The third kappa shape index (κ3) is 4.36. The molecule has 2 aromatic rings. The lowest BCUT2D eigenvalue weighted by Crippen LogP contribution is -3.13. The number of urea groups is 1. The number of quaternary nitrogens is 1.